The zero-order chi connectivity index (χ0) is 13.4. The Labute approximate surface area is 114 Å². The Hall–Kier alpha value is -1.27. The number of carbonyl (C=O) groups excluding carboxylic acids is 2. The third-order valence-electron chi connectivity index (χ3n) is 1.98. The van der Waals surface area contributed by atoms with Crippen LogP contribution in [0.4, 0.5) is 9.80 Å². The van der Waals surface area contributed by atoms with Crippen LogP contribution in [-0.2, 0) is 4.74 Å². The number of anilines is 1. The van der Waals surface area contributed by atoms with Crippen molar-refractivity contribution in [1.29, 1.82) is 0 Å². The van der Waals surface area contributed by atoms with Gasteiger partial charge in [-0.3, -0.25) is 5.32 Å². The maximum atomic E-state index is 11.6. The Morgan fingerprint density at radius 2 is 2.28 bits per heavy atom. The first-order valence-electron chi connectivity index (χ1n) is 5.54. The quantitative estimate of drug-likeness (QED) is 0.481. The monoisotopic (exact) mass is 290 g/mol. The molecule has 2 N–H and O–H groups in total. The van der Waals surface area contributed by atoms with Crippen molar-refractivity contribution in [3.05, 3.63) is 17.0 Å². The minimum Gasteiger partial charge on any atom is -0.462 e. The second kappa shape index (κ2) is 7.94. The number of carbonyl (C=O) groups is 2. The Kier molecular flexibility index (Phi) is 6.53. The molecule has 0 saturated carbocycles. The molecular weight excluding hydrogens is 276 g/mol. The van der Waals surface area contributed by atoms with Crippen molar-refractivity contribution in [2.75, 3.05) is 24.3 Å². The number of thiophene rings is 1. The van der Waals surface area contributed by atoms with E-state index in [-0.39, 0.29) is 6.03 Å². The van der Waals surface area contributed by atoms with E-state index in [1.807, 2.05) is 0 Å². The highest BCUT2D eigenvalue weighted by atomic mass is 35.5. The highest BCUT2D eigenvalue weighted by molar-refractivity contribution is 7.14. The van der Waals surface area contributed by atoms with Crippen LogP contribution in [0.25, 0.3) is 0 Å². The molecule has 0 aliphatic heterocycles. The molecule has 1 heterocycles. The van der Waals surface area contributed by atoms with Gasteiger partial charge in [0.1, 0.15) is 5.00 Å². The predicted octanol–water partition coefficient (Wildman–Crippen LogP) is 2.68. The lowest BCUT2D eigenvalue weighted by atomic mass is 10.3. The van der Waals surface area contributed by atoms with Gasteiger partial charge in [-0.1, -0.05) is 0 Å². The topological polar surface area (TPSA) is 67.4 Å². The number of hydrogen-bond donors (Lipinski definition) is 2. The van der Waals surface area contributed by atoms with E-state index >= 15 is 0 Å². The van der Waals surface area contributed by atoms with Crippen LogP contribution in [0.1, 0.15) is 23.7 Å². The van der Waals surface area contributed by atoms with Crippen molar-refractivity contribution in [2.45, 2.75) is 13.3 Å². The van der Waals surface area contributed by atoms with Crippen LogP contribution < -0.4 is 10.6 Å². The van der Waals surface area contributed by atoms with Crippen LogP contribution in [0.15, 0.2) is 11.4 Å². The first kappa shape index (κ1) is 14.8. The molecule has 0 aromatic carbocycles. The lowest BCUT2D eigenvalue weighted by molar-refractivity contribution is 0.0528. The number of esters is 1. The van der Waals surface area contributed by atoms with E-state index in [2.05, 4.69) is 10.6 Å². The molecule has 0 radical (unpaired) electrons. The number of alkyl halides is 1. The maximum Gasteiger partial charge on any atom is 0.341 e. The summed E-state index contributed by atoms with van der Waals surface area (Å²) in [7, 11) is 0. The molecule has 0 atom stereocenters. The van der Waals surface area contributed by atoms with Crippen LogP contribution >= 0.6 is 22.9 Å². The van der Waals surface area contributed by atoms with E-state index in [0.29, 0.717) is 36.0 Å². The first-order valence-corrected chi connectivity index (χ1v) is 6.95. The molecule has 1 aromatic rings. The van der Waals surface area contributed by atoms with Crippen molar-refractivity contribution in [3.63, 3.8) is 0 Å². The fraction of sp³-hybridized carbons (Fsp3) is 0.455. The highest BCUT2D eigenvalue weighted by Gasteiger charge is 2.15. The van der Waals surface area contributed by atoms with Crippen LogP contribution in [0.5, 0.6) is 0 Å². The molecular formula is C11H15ClN2O3S. The fourth-order valence-corrected chi connectivity index (χ4v) is 2.10. The van der Waals surface area contributed by atoms with Gasteiger partial charge in [-0.15, -0.1) is 22.9 Å². The summed E-state index contributed by atoms with van der Waals surface area (Å²) < 4.78 is 4.89. The smallest absolute Gasteiger partial charge is 0.341 e. The largest absolute Gasteiger partial charge is 0.462 e. The normalized spacial score (nSPS) is 9.89. The molecule has 0 aliphatic rings. The molecule has 0 bridgehead atoms. The summed E-state index contributed by atoms with van der Waals surface area (Å²) in [5.74, 6) is 0.0580. The van der Waals surface area contributed by atoms with Crippen LogP contribution in [0.2, 0.25) is 0 Å². The van der Waals surface area contributed by atoms with Crippen molar-refractivity contribution in [3.8, 4) is 0 Å². The van der Waals surface area contributed by atoms with Crippen LogP contribution in [0.3, 0.4) is 0 Å². The Balaban J connectivity index is 2.54. The highest BCUT2D eigenvalue weighted by Crippen LogP contribution is 2.23. The van der Waals surface area contributed by atoms with Gasteiger partial charge >= 0.3 is 12.0 Å². The molecule has 0 aliphatic carbocycles. The zero-order valence-electron chi connectivity index (χ0n) is 9.99. The zero-order valence-corrected chi connectivity index (χ0v) is 11.6. The molecule has 0 unspecified atom stereocenters. The van der Waals surface area contributed by atoms with Crippen LogP contribution in [-0.4, -0.2) is 31.0 Å². The number of halogens is 1. The summed E-state index contributed by atoms with van der Waals surface area (Å²) in [6.45, 7) is 2.53. The summed E-state index contributed by atoms with van der Waals surface area (Å²) in [5, 5.41) is 7.46. The SMILES string of the molecule is CCOC(=O)c1ccsc1NC(=O)NCCCCl. The Bertz CT molecular complexity index is 409. The Morgan fingerprint density at radius 1 is 1.50 bits per heavy atom. The number of urea groups is 1. The van der Waals surface area contributed by atoms with Gasteiger partial charge in [0.15, 0.2) is 0 Å². The molecule has 7 heteroatoms. The number of nitrogens with one attached hydrogen (secondary N) is 2. The van der Waals surface area contributed by atoms with E-state index < -0.39 is 5.97 Å². The van der Waals surface area contributed by atoms with Gasteiger partial charge in [0, 0.05) is 12.4 Å². The van der Waals surface area contributed by atoms with Gasteiger partial charge < -0.3 is 10.1 Å². The molecule has 5 nitrogen and oxygen atoms in total. The van der Waals surface area contributed by atoms with E-state index in [1.54, 1.807) is 18.4 Å². The Morgan fingerprint density at radius 3 is 2.94 bits per heavy atom. The van der Waals surface area contributed by atoms with Crippen molar-refractivity contribution in [1.82, 2.24) is 5.32 Å². The summed E-state index contributed by atoms with van der Waals surface area (Å²) in [6.07, 6.45) is 0.699. The standard InChI is InChI=1S/C11H15ClN2O3S/c1-2-17-10(15)8-4-7-18-9(8)14-11(16)13-6-3-5-12/h4,7H,2-3,5-6H2,1H3,(H2,13,14,16). The third-order valence-corrected chi connectivity index (χ3v) is 3.08. The van der Waals surface area contributed by atoms with Crippen molar-refractivity contribution >= 4 is 39.9 Å². The number of rotatable bonds is 6. The fourth-order valence-electron chi connectivity index (χ4n) is 1.19. The molecule has 18 heavy (non-hydrogen) atoms. The van der Waals surface area contributed by atoms with Gasteiger partial charge in [-0.25, -0.2) is 9.59 Å². The summed E-state index contributed by atoms with van der Waals surface area (Å²) in [4.78, 5) is 23.1. The predicted molar refractivity (Wildman–Crippen MR) is 72.6 cm³/mol. The number of amides is 2. The van der Waals surface area contributed by atoms with E-state index in [9.17, 15) is 9.59 Å². The van der Waals surface area contributed by atoms with Gasteiger partial charge in [-0.05, 0) is 24.8 Å². The molecule has 1 aromatic heterocycles. The second-order valence-corrected chi connectivity index (χ2v) is 4.60. The number of ether oxygens (including phenoxy) is 1. The van der Waals surface area contributed by atoms with Crippen LogP contribution in [0, 0.1) is 0 Å². The third kappa shape index (κ3) is 4.54. The van der Waals surface area contributed by atoms with Gasteiger partial charge in [0.25, 0.3) is 0 Å². The van der Waals surface area contributed by atoms with E-state index in [1.165, 1.54) is 11.3 Å². The first-order chi connectivity index (χ1) is 8.69. The molecule has 0 fully saturated rings. The number of hydrogen-bond acceptors (Lipinski definition) is 4. The lowest BCUT2D eigenvalue weighted by Gasteiger charge is -2.07. The lowest BCUT2D eigenvalue weighted by Crippen LogP contribution is -2.29. The van der Waals surface area contributed by atoms with Gasteiger partial charge in [-0.2, -0.15) is 0 Å². The molecule has 1 rings (SSSR count). The van der Waals surface area contributed by atoms with Gasteiger partial charge in [0.2, 0.25) is 0 Å². The summed E-state index contributed by atoms with van der Waals surface area (Å²) >= 11 is 6.77. The molecule has 100 valence electrons. The molecule has 0 spiro atoms. The summed E-state index contributed by atoms with van der Waals surface area (Å²) in [5.41, 5.74) is 0.370. The summed E-state index contributed by atoms with van der Waals surface area (Å²) in [6, 6.07) is 1.27. The van der Waals surface area contributed by atoms with Crippen molar-refractivity contribution in [2.24, 2.45) is 0 Å². The van der Waals surface area contributed by atoms with Crippen molar-refractivity contribution < 1.29 is 14.3 Å². The molecule has 2 amide bonds. The minimum absolute atomic E-state index is 0.302. The maximum absolute atomic E-state index is 11.6. The molecule has 0 saturated heterocycles. The minimum atomic E-state index is -0.435. The second-order valence-electron chi connectivity index (χ2n) is 3.31. The van der Waals surface area contributed by atoms with E-state index in [4.69, 9.17) is 16.3 Å². The average molecular weight is 291 g/mol. The average Bonchev–Trinajstić information content (AvgIpc) is 2.78. The van der Waals surface area contributed by atoms with Gasteiger partial charge in [0.05, 0.1) is 12.2 Å². The van der Waals surface area contributed by atoms with E-state index in [0.717, 1.165) is 0 Å².